The van der Waals surface area contributed by atoms with Gasteiger partial charge in [-0.1, -0.05) is 0 Å². The number of ether oxygens (including phenoxy) is 1. The second kappa shape index (κ2) is 5.19. The zero-order valence-corrected chi connectivity index (χ0v) is 12.1. The summed E-state index contributed by atoms with van der Waals surface area (Å²) in [6.45, 7) is 4.05. The van der Waals surface area contributed by atoms with E-state index >= 15 is 0 Å². The van der Waals surface area contributed by atoms with Gasteiger partial charge >= 0.3 is 0 Å². The van der Waals surface area contributed by atoms with Crippen LogP contribution in [0.4, 0.5) is 5.82 Å². The molecule has 0 saturated heterocycles. The molecule has 2 N–H and O–H groups in total. The van der Waals surface area contributed by atoms with E-state index in [-0.39, 0.29) is 6.10 Å². The minimum absolute atomic E-state index is 0.189. The van der Waals surface area contributed by atoms with E-state index in [1.165, 1.54) is 24.1 Å². The molecule has 0 radical (unpaired) electrons. The zero-order valence-electron chi connectivity index (χ0n) is 12.1. The van der Waals surface area contributed by atoms with Gasteiger partial charge in [0.1, 0.15) is 11.6 Å². The third kappa shape index (κ3) is 2.38. The molecule has 20 heavy (non-hydrogen) atoms. The maximum absolute atomic E-state index is 6.04. The Morgan fingerprint density at radius 3 is 2.55 bits per heavy atom. The fourth-order valence-corrected chi connectivity index (χ4v) is 2.78. The van der Waals surface area contributed by atoms with Crippen molar-refractivity contribution in [3.8, 4) is 11.4 Å². The van der Waals surface area contributed by atoms with Crippen LogP contribution in [0.3, 0.4) is 0 Å². The molecule has 0 bridgehead atoms. The van der Waals surface area contributed by atoms with Gasteiger partial charge in [0.15, 0.2) is 0 Å². The second-order valence-electron chi connectivity index (χ2n) is 5.59. The number of rotatable bonds is 3. The van der Waals surface area contributed by atoms with Crippen molar-refractivity contribution in [1.82, 2.24) is 9.78 Å². The van der Waals surface area contributed by atoms with Crippen molar-refractivity contribution >= 4 is 5.82 Å². The first-order valence-electron chi connectivity index (χ1n) is 7.28. The number of nitrogens with two attached hydrogens (primary N) is 1. The van der Waals surface area contributed by atoms with Gasteiger partial charge in [-0.15, -0.1) is 0 Å². The van der Waals surface area contributed by atoms with Crippen LogP contribution in [0.5, 0.6) is 5.75 Å². The number of hydrogen-bond acceptors (Lipinski definition) is 3. The van der Waals surface area contributed by atoms with Gasteiger partial charge in [-0.05, 0) is 63.8 Å². The molecule has 0 atom stereocenters. The van der Waals surface area contributed by atoms with E-state index in [1.54, 1.807) is 0 Å². The van der Waals surface area contributed by atoms with Crippen molar-refractivity contribution in [2.75, 3.05) is 5.73 Å². The number of aromatic nitrogens is 2. The van der Waals surface area contributed by atoms with Crippen LogP contribution in [0.15, 0.2) is 24.3 Å². The van der Waals surface area contributed by atoms with Crippen molar-refractivity contribution in [2.45, 2.75) is 45.6 Å². The Bertz CT molecular complexity index is 599. The fraction of sp³-hybridized carbons (Fsp3) is 0.438. The number of nitrogen functional groups attached to an aromatic ring is 1. The van der Waals surface area contributed by atoms with Gasteiger partial charge in [-0.3, -0.25) is 0 Å². The fourth-order valence-electron chi connectivity index (χ4n) is 2.78. The molecule has 4 nitrogen and oxygen atoms in total. The third-order valence-electron chi connectivity index (χ3n) is 3.66. The molecule has 106 valence electrons. The molecule has 1 heterocycles. The van der Waals surface area contributed by atoms with Gasteiger partial charge < -0.3 is 10.5 Å². The SMILES string of the molecule is CC(C)Oc1ccc(-n2nc(N)c3c2CCCC3)cc1. The van der Waals surface area contributed by atoms with Crippen molar-refractivity contribution in [3.05, 3.63) is 35.5 Å². The quantitative estimate of drug-likeness (QED) is 0.933. The lowest BCUT2D eigenvalue weighted by Gasteiger charge is -2.14. The van der Waals surface area contributed by atoms with Crippen molar-refractivity contribution in [1.29, 1.82) is 0 Å². The molecule has 0 saturated carbocycles. The smallest absolute Gasteiger partial charge is 0.149 e. The molecule has 0 spiro atoms. The van der Waals surface area contributed by atoms with E-state index in [9.17, 15) is 0 Å². The van der Waals surface area contributed by atoms with E-state index in [0.717, 1.165) is 24.3 Å². The summed E-state index contributed by atoms with van der Waals surface area (Å²) in [6, 6.07) is 8.06. The topological polar surface area (TPSA) is 53.1 Å². The lowest BCUT2D eigenvalue weighted by Crippen LogP contribution is -2.08. The lowest BCUT2D eigenvalue weighted by atomic mass is 9.97. The summed E-state index contributed by atoms with van der Waals surface area (Å²) >= 11 is 0. The van der Waals surface area contributed by atoms with Crippen LogP contribution in [0.2, 0.25) is 0 Å². The summed E-state index contributed by atoms with van der Waals surface area (Å²) in [7, 11) is 0. The molecular formula is C16H21N3O. The number of fused-ring (bicyclic) bond motifs is 1. The summed E-state index contributed by atoms with van der Waals surface area (Å²) in [5, 5.41) is 4.51. The highest BCUT2D eigenvalue weighted by molar-refractivity contribution is 5.49. The molecule has 1 aliphatic rings. The van der Waals surface area contributed by atoms with Crippen LogP contribution in [0.25, 0.3) is 5.69 Å². The van der Waals surface area contributed by atoms with E-state index in [0.29, 0.717) is 5.82 Å². The first-order valence-corrected chi connectivity index (χ1v) is 7.28. The highest BCUT2D eigenvalue weighted by atomic mass is 16.5. The molecule has 2 aromatic rings. The van der Waals surface area contributed by atoms with Gasteiger partial charge in [0.05, 0.1) is 11.8 Å². The molecule has 0 aliphatic heterocycles. The standard InChI is InChI=1S/C16H21N3O/c1-11(2)20-13-9-7-12(8-10-13)19-15-6-4-3-5-14(15)16(17)18-19/h7-11H,3-6H2,1-2H3,(H2,17,18). The van der Waals surface area contributed by atoms with Crippen molar-refractivity contribution < 1.29 is 4.74 Å². The normalized spacial score (nSPS) is 14.3. The summed E-state index contributed by atoms with van der Waals surface area (Å²) < 4.78 is 7.66. The summed E-state index contributed by atoms with van der Waals surface area (Å²) in [5.74, 6) is 1.57. The Morgan fingerprint density at radius 1 is 1.15 bits per heavy atom. The zero-order chi connectivity index (χ0) is 14.1. The molecule has 4 heteroatoms. The number of benzene rings is 1. The maximum Gasteiger partial charge on any atom is 0.149 e. The predicted molar refractivity (Wildman–Crippen MR) is 80.4 cm³/mol. The molecule has 0 unspecified atom stereocenters. The number of anilines is 1. The Morgan fingerprint density at radius 2 is 1.85 bits per heavy atom. The highest BCUT2D eigenvalue weighted by Gasteiger charge is 2.19. The van der Waals surface area contributed by atoms with Gasteiger partial charge in [0, 0.05) is 11.3 Å². The van der Waals surface area contributed by atoms with Gasteiger partial charge in [0.2, 0.25) is 0 Å². The monoisotopic (exact) mass is 271 g/mol. The summed E-state index contributed by atoms with van der Waals surface area (Å²) in [5.41, 5.74) is 9.60. The largest absolute Gasteiger partial charge is 0.491 e. The van der Waals surface area contributed by atoms with E-state index in [1.807, 2.05) is 42.8 Å². The van der Waals surface area contributed by atoms with Crippen LogP contribution in [-0.4, -0.2) is 15.9 Å². The highest BCUT2D eigenvalue weighted by Crippen LogP contribution is 2.28. The first kappa shape index (κ1) is 13.0. The minimum atomic E-state index is 0.189. The van der Waals surface area contributed by atoms with Crippen LogP contribution < -0.4 is 10.5 Å². The molecule has 1 aromatic heterocycles. The maximum atomic E-state index is 6.04. The third-order valence-corrected chi connectivity index (χ3v) is 3.66. The summed E-state index contributed by atoms with van der Waals surface area (Å²) in [6.07, 6.45) is 4.73. The van der Waals surface area contributed by atoms with Crippen LogP contribution in [0.1, 0.15) is 37.9 Å². The second-order valence-corrected chi connectivity index (χ2v) is 5.59. The average molecular weight is 271 g/mol. The number of hydrogen-bond donors (Lipinski definition) is 1. The number of nitrogens with zero attached hydrogens (tertiary/aromatic N) is 2. The lowest BCUT2D eigenvalue weighted by molar-refractivity contribution is 0.242. The molecule has 1 aliphatic carbocycles. The predicted octanol–water partition coefficient (Wildman–Crippen LogP) is 3.12. The molecule has 1 aromatic carbocycles. The minimum Gasteiger partial charge on any atom is -0.491 e. The van der Waals surface area contributed by atoms with Gasteiger partial charge in [-0.2, -0.15) is 5.10 Å². The van der Waals surface area contributed by atoms with E-state index in [4.69, 9.17) is 10.5 Å². The van der Waals surface area contributed by atoms with Crippen LogP contribution in [0, 0.1) is 0 Å². The van der Waals surface area contributed by atoms with E-state index < -0.39 is 0 Å². The Balaban J connectivity index is 1.93. The summed E-state index contributed by atoms with van der Waals surface area (Å²) in [4.78, 5) is 0. The van der Waals surface area contributed by atoms with Crippen molar-refractivity contribution in [3.63, 3.8) is 0 Å². The van der Waals surface area contributed by atoms with Gasteiger partial charge in [-0.25, -0.2) is 4.68 Å². The molecule has 0 fully saturated rings. The molecular weight excluding hydrogens is 250 g/mol. The molecule has 0 amide bonds. The molecule has 3 rings (SSSR count). The average Bonchev–Trinajstić information content (AvgIpc) is 2.77. The first-order chi connectivity index (χ1) is 9.65. The van der Waals surface area contributed by atoms with Crippen LogP contribution in [-0.2, 0) is 12.8 Å². The van der Waals surface area contributed by atoms with E-state index in [2.05, 4.69) is 5.10 Å². The Hall–Kier alpha value is -1.97. The Kier molecular flexibility index (Phi) is 3.38. The van der Waals surface area contributed by atoms with Gasteiger partial charge in [0.25, 0.3) is 0 Å². The van der Waals surface area contributed by atoms with Crippen molar-refractivity contribution in [2.24, 2.45) is 0 Å². The van der Waals surface area contributed by atoms with Crippen LogP contribution >= 0.6 is 0 Å². The Labute approximate surface area is 119 Å².